The highest BCUT2D eigenvalue weighted by molar-refractivity contribution is 9.10. The Bertz CT molecular complexity index is 508. The lowest BCUT2D eigenvalue weighted by Gasteiger charge is -2.21. The third kappa shape index (κ3) is 5.16. The van der Waals surface area contributed by atoms with E-state index in [0.29, 0.717) is 4.47 Å². The molecule has 1 atom stereocenters. The van der Waals surface area contributed by atoms with Crippen LogP contribution >= 0.6 is 15.9 Å². The van der Waals surface area contributed by atoms with Gasteiger partial charge in [-0.1, -0.05) is 13.8 Å². The summed E-state index contributed by atoms with van der Waals surface area (Å²) in [6.45, 7) is 3.62. The summed E-state index contributed by atoms with van der Waals surface area (Å²) < 4.78 is 13.6. The van der Waals surface area contributed by atoms with Crippen molar-refractivity contribution in [2.24, 2.45) is 5.92 Å². The molecule has 0 bridgehead atoms. The van der Waals surface area contributed by atoms with Crippen LogP contribution in [-0.4, -0.2) is 23.1 Å². The molecule has 1 rings (SSSR count). The van der Waals surface area contributed by atoms with Gasteiger partial charge in [-0.05, 0) is 40.0 Å². The summed E-state index contributed by atoms with van der Waals surface area (Å²) in [5.41, 5.74) is 0.278. The lowest BCUT2D eigenvalue weighted by molar-refractivity contribution is -0.137. The predicted molar refractivity (Wildman–Crippen MR) is 77.1 cm³/mol. The maximum Gasteiger partial charge on any atom is 0.319 e. The summed E-state index contributed by atoms with van der Waals surface area (Å²) in [5, 5.41) is 13.8. The zero-order chi connectivity index (χ0) is 15.3. The normalized spacial score (nSPS) is 12.1. The molecule has 1 aromatic carbocycles. The highest BCUT2D eigenvalue weighted by Gasteiger charge is 2.19. The molecule has 1 unspecified atom stereocenters. The predicted octanol–water partition coefficient (Wildman–Crippen LogP) is 3.21. The molecule has 7 heteroatoms. The highest BCUT2D eigenvalue weighted by Crippen LogP contribution is 2.23. The van der Waals surface area contributed by atoms with Crippen molar-refractivity contribution in [1.29, 1.82) is 0 Å². The Hall–Kier alpha value is -1.63. The van der Waals surface area contributed by atoms with Crippen molar-refractivity contribution in [1.82, 2.24) is 5.32 Å². The number of aliphatic carboxylic acids is 1. The number of halogens is 2. The number of urea groups is 1. The second-order valence-corrected chi connectivity index (χ2v) is 5.53. The van der Waals surface area contributed by atoms with Crippen LogP contribution in [0.1, 0.15) is 20.3 Å². The maximum atomic E-state index is 13.1. The van der Waals surface area contributed by atoms with Crippen LogP contribution < -0.4 is 10.6 Å². The molecule has 0 aromatic heterocycles. The Balaban J connectivity index is 2.70. The summed E-state index contributed by atoms with van der Waals surface area (Å²) in [4.78, 5) is 22.5. The van der Waals surface area contributed by atoms with Gasteiger partial charge in [-0.15, -0.1) is 0 Å². The van der Waals surface area contributed by atoms with Crippen LogP contribution in [0.4, 0.5) is 14.9 Å². The average molecular weight is 347 g/mol. The number of nitrogens with one attached hydrogen (secondary N) is 2. The first-order valence-corrected chi connectivity index (χ1v) is 6.83. The van der Waals surface area contributed by atoms with E-state index in [1.807, 2.05) is 13.8 Å². The molecule has 0 spiro atoms. The minimum Gasteiger partial charge on any atom is -0.481 e. The first-order chi connectivity index (χ1) is 9.29. The van der Waals surface area contributed by atoms with E-state index in [1.165, 1.54) is 18.2 Å². The van der Waals surface area contributed by atoms with Gasteiger partial charge >= 0.3 is 12.0 Å². The van der Waals surface area contributed by atoms with Crippen LogP contribution in [0.15, 0.2) is 22.7 Å². The van der Waals surface area contributed by atoms with Gasteiger partial charge in [0.2, 0.25) is 0 Å². The van der Waals surface area contributed by atoms with Crippen LogP contribution in [0.5, 0.6) is 0 Å². The number of benzene rings is 1. The van der Waals surface area contributed by atoms with E-state index in [-0.39, 0.29) is 18.0 Å². The monoisotopic (exact) mass is 346 g/mol. The molecule has 110 valence electrons. The summed E-state index contributed by atoms with van der Waals surface area (Å²) in [6, 6.07) is 2.83. The summed E-state index contributed by atoms with van der Waals surface area (Å²) in [6.07, 6.45) is -0.171. The lowest BCUT2D eigenvalue weighted by atomic mass is 10.0. The molecular weight excluding hydrogens is 331 g/mol. The zero-order valence-electron chi connectivity index (χ0n) is 11.1. The molecule has 0 heterocycles. The minimum atomic E-state index is -0.990. The highest BCUT2D eigenvalue weighted by atomic mass is 79.9. The van der Waals surface area contributed by atoms with E-state index < -0.39 is 23.9 Å². The molecule has 2 amide bonds. The number of anilines is 1. The molecule has 0 aliphatic heterocycles. The van der Waals surface area contributed by atoms with Crippen molar-refractivity contribution in [2.45, 2.75) is 26.3 Å². The Morgan fingerprint density at radius 3 is 2.60 bits per heavy atom. The quantitative estimate of drug-likeness (QED) is 0.765. The number of amides is 2. The smallest absolute Gasteiger partial charge is 0.319 e. The number of hydrogen-bond donors (Lipinski definition) is 3. The fourth-order valence-corrected chi connectivity index (χ4v) is 1.91. The van der Waals surface area contributed by atoms with Crippen molar-refractivity contribution >= 4 is 33.6 Å². The second-order valence-electron chi connectivity index (χ2n) is 4.67. The van der Waals surface area contributed by atoms with Crippen LogP contribution in [0.2, 0.25) is 0 Å². The molecule has 20 heavy (non-hydrogen) atoms. The van der Waals surface area contributed by atoms with Gasteiger partial charge in [0.15, 0.2) is 0 Å². The Kier molecular flexibility index (Phi) is 5.94. The van der Waals surface area contributed by atoms with E-state index in [2.05, 4.69) is 26.6 Å². The third-order valence-corrected chi connectivity index (χ3v) is 3.38. The number of carbonyl (C=O) groups excluding carboxylic acids is 1. The molecular formula is C13H16BrFN2O3. The molecule has 0 fully saturated rings. The van der Waals surface area contributed by atoms with Gasteiger partial charge in [0.25, 0.3) is 0 Å². The van der Waals surface area contributed by atoms with Gasteiger partial charge in [0, 0.05) is 10.5 Å². The molecule has 0 aliphatic rings. The van der Waals surface area contributed by atoms with Crippen molar-refractivity contribution in [2.75, 3.05) is 5.32 Å². The fraction of sp³-hybridized carbons (Fsp3) is 0.385. The SMILES string of the molecule is CC(C)C(CC(=O)O)NC(=O)Nc1cc(F)ccc1Br. The van der Waals surface area contributed by atoms with Crippen LogP contribution in [0, 0.1) is 11.7 Å². The van der Waals surface area contributed by atoms with Crippen molar-refractivity contribution in [3.8, 4) is 0 Å². The topological polar surface area (TPSA) is 78.4 Å². The van der Waals surface area contributed by atoms with E-state index in [4.69, 9.17) is 5.11 Å². The summed E-state index contributed by atoms with van der Waals surface area (Å²) >= 11 is 3.19. The molecule has 0 aliphatic carbocycles. The van der Waals surface area contributed by atoms with Crippen LogP contribution in [0.3, 0.4) is 0 Å². The van der Waals surface area contributed by atoms with Gasteiger partial charge in [-0.3, -0.25) is 4.79 Å². The molecule has 0 radical (unpaired) electrons. The van der Waals surface area contributed by atoms with E-state index in [9.17, 15) is 14.0 Å². The van der Waals surface area contributed by atoms with E-state index >= 15 is 0 Å². The van der Waals surface area contributed by atoms with Crippen molar-refractivity contribution in [3.63, 3.8) is 0 Å². The Morgan fingerprint density at radius 2 is 2.05 bits per heavy atom. The van der Waals surface area contributed by atoms with Crippen LogP contribution in [-0.2, 0) is 4.79 Å². The van der Waals surface area contributed by atoms with Gasteiger partial charge < -0.3 is 15.7 Å². The fourth-order valence-electron chi connectivity index (χ4n) is 1.56. The third-order valence-electron chi connectivity index (χ3n) is 2.69. The lowest BCUT2D eigenvalue weighted by Crippen LogP contribution is -2.42. The van der Waals surface area contributed by atoms with Crippen LogP contribution in [0.25, 0.3) is 0 Å². The Morgan fingerprint density at radius 1 is 1.40 bits per heavy atom. The summed E-state index contributed by atoms with van der Waals surface area (Å²) in [5.74, 6) is -1.50. The second kappa shape index (κ2) is 7.23. The zero-order valence-corrected chi connectivity index (χ0v) is 12.7. The minimum absolute atomic E-state index is 0.0344. The number of carboxylic acid groups (broad SMARTS) is 1. The standard InChI is InChI=1S/C13H16BrFN2O3/c1-7(2)10(6-12(18)19)16-13(20)17-11-5-8(15)3-4-9(11)14/h3-5,7,10H,6H2,1-2H3,(H,18,19)(H2,16,17,20). The Labute approximate surface area is 124 Å². The first-order valence-electron chi connectivity index (χ1n) is 6.04. The van der Waals surface area contributed by atoms with Crippen molar-refractivity contribution < 1.29 is 19.1 Å². The molecule has 5 nitrogen and oxygen atoms in total. The van der Waals surface area contributed by atoms with Crippen molar-refractivity contribution in [3.05, 3.63) is 28.5 Å². The first kappa shape index (κ1) is 16.4. The number of rotatable bonds is 5. The summed E-state index contributed by atoms with van der Waals surface area (Å²) in [7, 11) is 0. The largest absolute Gasteiger partial charge is 0.481 e. The van der Waals surface area contributed by atoms with Gasteiger partial charge in [-0.2, -0.15) is 0 Å². The maximum absolute atomic E-state index is 13.1. The van der Waals surface area contributed by atoms with Gasteiger partial charge in [0.1, 0.15) is 5.82 Å². The van der Waals surface area contributed by atoms with E-state index in [1.54, 1.807) is 0 Å². The average Bonchev–Trinajstić information content (AvgIpc) is 2.32. The van der Waals surface area contributed by atoms with E-state index in [0.717, 1.165) is 0 Å². The van der Waals surface area contributed by atoms with Gasteiger partial charge in [0.05, 0.1) is 12.1 Å². The molecule has 0 saturated heterocycles. The number of carbonyl (C=O) groups is 2. The molecule has 3 N–H and O–H groups in total. The molecule has 1 aromatic rings. The number of hydrogen-bond acceptors (Lipinski definition) is 2. The van der Waals surface area contributed by atoms with Gasteiger partial charge in [-0.25, -0.2) is 9.18 Å². The number of carboxylic acids is 1. The molecule has 0 saturated carbocycles.